The fourth-order valence-electron chi connectivity index (χ4n) is 2.25. The van der Waals surface area contributed by atoms with Crippen molar-refractivity contribution >= 4 is 11.6 Å². The average Bonchev–Trinajstić information content (AvgIpc) is 3.11. The molecule has 0 aromatic heterocycles. The van der Waals surface area contributed by atoms with Crippen molar-refractivity contribution in [3.63, 3.8) is 0 Å². The highest BCUT2D eigenvalue weighted by Crippen LogP contribution is 2.55. The predicted molar refractivity (Wildman–Crippen MR) is 76.1 cm³/mol. The van der Waals surface area contributed by atoms with Gasteiger partial charge in [-0.25, -0.2) is 0 Å². The van der Waals surface area contributed by atoms with Crippen LogP contribution in [0.15, 0.2) is 24.3 Å². The first-order chi connectivity index (χ1) is 9.09. The smallest absolute Gasteiger partial charge is 0.228 e. The summed E-state index contributed by atoms with van der Waals surface area (Å²) in [6.45, 7) is 5.30. The zero-order valence-electron chi connectivity index (χ0n) is 11.6. The Balaban J connectivity index is 1.88. The van der Waals surface area contributed by atoms with Crippen LogP contribution in [0.4, 0.5) is 5.69 Å². The number of hydrogen-bond acceptors (Lipinski definition) is 3. The second kappa shape index (κ2) is 5.61. The summed E-state index contributed by atoms with van der Waals surface area (Å²) in [5, 5.41) is 2.96. The Hall–Kier alpha value is -1.55. The van der Waals surface area contributed by atoms with Crippen LogP contribution in [0.25, 0.3) is 0 Å². The highest BCUT2D eigenvalue weighted by Gasteiger charge is 2.52. The lowest BCUT2D eigenvalue weighted by Crippen LogP contribution is -2.17. The highest BCUT2D eigenvalue weighted by atomic mass is 16.5. The summed E-state index contributed by atoms with van der Waals surface area (Å²) in [5.74, 6) is 1.05. The Kier molecular flexibility index (Phi) is 4.10. The molecule has 1 amide bonds. The fourth-order valence-corrected chi connectivity index (χ4v) is 2.25. The van der Waals surface area contributed by atoms with E-state index in [1.807, 2.05) is 24.3 Å². The van der Waals surface area contributed by atoms with E-state index in [9.17, 15) is 4.79 Å². The van der Waals surface area contributed by atoms with Crippen molar-refractivity contribution in [2.75, 3.05) is 18.5 Å². The van der Waals surface area contributed by atoms with Crippen LogP contribution < -0.4 is 15.8 Å². The first kappa shape index (κ1) is 13.9. The minimum Gasteiger partial charge on any atom is -0.492 e. The van der Waals surface area contributed by atoms with Gasteiger partial charge in [0.05, 0.1) is 0 Å². The molecule has 0 spiro atoms. The lowest BCUT2D eigenvalue weighted by Gasteiger charge is -2.09. The summed E-state index contributed by atoms with van der Waals surface area (Å²) in [7, 11) is 0. The van der Waals surface area contributed by atoms with Gasteiger partial charge in [0.1, 0.15) is 12.4 Å². The predicted octanol–water partition coefficient (Wildman–Crippen LogP) is 2.40. The monoisotopic (exact) mass is 262 g/mol. The van der Waals surface area contributed by atoms with Crippen LogP contribution in [0, 0.1) is 11.3 Å². The number of nitrogens with two attached hydrogens (primary N) is 1. The molecule has 3 N–H and O–H groups in total. The minimum atomic E-state index is 0.125. The molecule has 1 aromatic carbocycles. The number of ether oxygens (including phenoxy) is 1. The van der Waals surface area contributed by atoms with Crippen LogP contribution in [0.1, 0.15) is 26.7 Å². The van der Waals surface area contributed by atoms with E-state index in [1.54, 1.807) is 0 Å². The summed E-state index contributed by atoms with van der Waals surface area (Å²) in [6.07, 6.45) is 2.05. The quantitative estimate of drug-likeness (QED) is 0.827. The van der Waals surface area contributed by atoms with E-state index in [-0.39, 0.29) is 17.2 Å². The number of rotatable bonds is 6. The van der Waals surface area contributed by atoms with Crippen molar-refractivity contribution in [2.24, 2.45) is 17.1 Å². The molecular weight excluding hydrogens is 240 g/mol. The Labute approximate surface area is 114 Å². The lowest BCUT2D eigenvalue weighted by atomic mass is 10.0. The topological polar surface area (TPSA) is 64.3 Å². The molecule has 0 heterocycles. The molecule has 2 atom stereocenters. The molecular formula is C15H22N2O2. The summed E-state index contributed by atoms with van der Waals surface area (Å²) >= 11 is 0. The van der Waals surface area contributed by atoms with E-state index >= 15 is 0 Å². The van der Waals surface area contributed by atoms with Gasteiger partial charge in [0.15, 0.2) is 0 Å². The van der Waals surface area contributed by atoms with Crippen LogP contribution >= 0.6 is 0 Å². The van der Waals surface area contributed by atoms with E-state index in [0.29, 0.717) is 13.2 Å². The Bertz CT molecular complexity index is 444. The average molecular weight is 262 g/mol. The molecule has 0 aliphatic heterocycles. The highest BCUT2D eigenvalue weighted by molar-refractivity contribution is 5.95. The largest absolute Gasteiger partial charge is 0.492 e. The van der Waals surface area contributed by atoms with Crippen LogP contribution in [0.3, 0.4) is 0 Å². The lowest BCUT2D eigenvalue weighted by molar-refractivity contribution is -0.118. The van der Waals surface area contributed by atoms with Crippen molar-refractivity contribution in [2.45, 2.75) is 26.7 Å². The van der Waals surface area contributed by atoms with Gasteiger partial charge in [-0.1, -0.05) is 13.8 Å². The van der Waals surface area contributed by atoms with Crippen LogP contribution in [-0.4, -0.2) is 19.1 Å². The van der Waals surface area contributed by atoms with Gasteiger partial charge in [-0.2, -0.15) is 0 Å². The van der Waals surface area contributed by atoms with Crippen LogP contribution in [0.2, 0.25) is 0 Å². The molecule has 1 fully saturated rings. The van der Waals surface area contributed by atoms with Crippen molar-refractivity contribution in [1.29, 1.82) is 0 Å². The molecule has 1 aromatic rings. The van der Waals surface area contributed by atoms with E-state index in [1.165, 1.54) is 0 Å². The zero-order chi connectivity index (χ0) is 13.9. The maximum atomic E-state index is 12.0. The van der Waals surface area contributed by atoms with Gasteiger partial charge < -0.3 is 15.8 Å². The minimum absolute atomic E-state index is 0.125. The summed E-state index contributed by atoms with van der Waals surface area (Å²) in [6, 6.07) is 7.40. The second-order valence-electron chi connectivity index (χ2n) is 5.42. The summed E-state index contributed by atoms with van der Waals surface area (Å²) in [4.78, 5) is 12.0. The molecule has 104 valence electrons. The molecule has 0 saturated heterocycles. The molecule has 4 heteroatoms. The first-order valence-corrected chi connectivity index (χ1v) is 6.83. The number of hydrogen-bond donors (Lipinski definition) is 2. The fraction of sp³-hybridized carbons (Fsp3) is 0.533. The maximum Gasteiger partial charge on any atom is 0.228 e. The maximum absolute atomic E-state index is 12.0. The molecule has 1 aliphatic rings. The van der Waals surface area contributed by atoms with E-state index in [2.05, 4.69) is 19.2 Å². The molecule has 2 rings (SSSR count). The Morgan fingerprint density at radius 3 is 2.68 bits per heavy atom. The van der Waals surface area contributed by atoms with E-state index < -0.39 is 0 Å². The number of amides is 1. The second-order valence-corrected chi connectivity index (χ2v) is 5.42. The molecule has 2 unspecified atom stereocenters. The van der Waals surface area contributed by atoms with Gasteiger partial charge in [0.2, 0.25) is 5.91 Å². The third-order valence-corrected chi connectivity index (χ3v) is 3.98. The Morgan fingerprint density at radius 2 is 2.16 bits per heavy atom. The third kappa shape index (κ3) is 3.26. The van der Waals surface area contributed by atoms with Gasteiger partial charge in [-0.3, -0.25) is 4.79 Å². The number of benzene rings is 1. The standard InChI is InChI=1S/C15H22N2O2/c1-3-15(2)10-13(15)14(18)17-11-4-6-12(7-5-11)19-9-8-16/h4-7,13H,3,8-10,16H2,1-2H3,(H,17,18). The molecule has 19 heavy (non-hydrogen) atoms. The van der Waals surface area contributed by atoms with Gasteiger partial charge in [-0.05, 0) is 42.5 Å². The molecule has 0 bridgehead atoms. The third-order valence-electron chi connectivity index (χ3n) is 3.98. The molecule has 1 aliphatic carbocycles. The van der Waals surface area contributed by atoms with E-state index in [0.717, 1.165) is 24.3 Å². The summed E-state index contributed by atoms with van der Waals surface area (Å²) < 4.78 is 5.39. The van der Waals surface area contributed by atoms with Gasteiger partial charge in [0.25, 0.3) is 0 Å². The number of carbonyl (C=O) groups excluding carboxylic acids is 1. The van der Waals surface area contributed by atoms with Crippen molar-refractivity contribution in [3.05, 3.63) is 24.3 Å². The summed E-state index contributed by atoms with van der Waals surface area (Å²) in [5.41, 5.74) is 6.39. The van der Waals surface area contributed by atoms with Crippen molar-refractivity contribution in [3.8, 4) is 5.75 Å². The van der Waals surface area contributed by atoms with Crippen LogP contribution in [-0.2, 0) is 4.79 Å². The normalized spacial score (nSPS) is 24.9. The van der Waals surface area contributed by atoms with Gasteiger partial charge in [-0.15, -0.1) is 0 Å². The molecule has 0 radical (unpaired) electrons. The SMILES string of the molecule is CCC1(C)CC1C(=O)Nc1ccc(OCCN)cc1. The van der Waals surface area contributed by atoms with E-state index in [4.69, 9.17) is 10.5 Å². The van der Waals surface area contributed by atoms with Gasteiger partial charge in [0, 0.05) is 18.2 Å². The zero-order valence-corrected chi connectivity index (χ0v) is 11.6. The molecule has 1 saturated carbocycles. The number of nitrogens with one attached hydrogen (secondary N) is 1. The molecule has 4 nitrogen and oxygen atoms in total. The number of anilines is 1. The Morgan fingerprint density at radius 1 is 1.47 bits per heavy atom. The van der Waals surface area contributed by atoms with Crippen molar-refractivity contribution < 1.29 is 9.53 Å². The van der Waals surface area contributed by atoms with Crippen molar-refractivity contribution in [1.82, 2.24) is 0 Å². The van der Waals surface area contributed by atoms with Crippen LogP contribution in [0.5, 0.6) is 5.75 Å². The first-order valence-electron chi connectivity index (χ1n) is 6.83. The van der Waals surface area contributed by atoms with Gasteiger partial charge >= 0.3 is 0 Å². The number of carbonyl (C=O) groups is 1.